The third-order valence-electron chi connectivity index (χ3n) is 7.24. The molecule has 0 saturated carbocycles. The Hall–Kier alpha value is -4.60. The van der Waals surface area contributed by atoms with Crippen molar-refractivity contribution in [1.82, 2.24) is 9.97 Å². The fourth-order valence-corrected chi connectivity index (χ4v) is 6.61. The van der Waals surface area contributed by atoms with Gasteiger partial charge in [-0.05, 0) is 40.4 Å². The van der Waals surface area contributed by atoms with E-state index in [9.17, 15) is 0 Å². The molecule has 0 aliphatic heterocycles. The second-order valence-corrected chi connectivity index (χ2v) is 10.5. The Morgan fingerprint density at radius 2 is 1.24 bits per heavy atom. The molecule has 2 heterocycles. The molecule has 8 aromatic rings. The third-order valence-corrected chi connectivity index (χ3v) is 8.37. The lowest BCUT2D eigenvalue weighted by atomic mass is 9.96. The Labute approximate surface area is 217 Å². The molecule has 0 aliphatic carbocycles. The van der Waals surface area contributed by atoms with E-state index >= 15 is 0 Å². The molecule has 0 bridgehead atoms. The lowest BCUT2D eigenvalue weighted by molar-refractivity contribution is 1.30. The highest BCUT2D eigenvalue weighted by Crippen LogP contribution is 2.41. The van der Waals surface area contributed by atoms with Gasteiger partial charge < -0.3 is 0 Å². The maximum absolute atomic E-state index is 5.30. The zero-order valence-corrected chi connectivity index (χ0v) is 20.7. The average Bonchev–Trinajstić information content (AvgIpc) is 3.33. The lowest BCUT2D eigenvalue weighted by Gasteiger charge is -2.14. The van der Waals surface area contributed by atoms with Gasteiger partial charge in [0.25, 0.3) is 0 Å². The molecule has 0 radical (unpaired) electrons. The molecule has 2 nitrogen and oxygen atoms in total. The van der Waals surface area contributed by atoms with Gasteiger partial charge in [0.2, 0.25) is 0 Å². The van der Waals surface area contributed by atoms with Crippen LogP contribution in [0.3, 0.4) is 0 Å². The van der Waals surface area contributed by atoms with Crippen LogP contribution in [0.25, 0.3) is 75.3 Å². The number of rotatable bonds is 2. The predicted molar refractivity (Wildman–Crippen MR) is 158 cm³/mol. The van der Waals surface area contributed by atoms with E-state index in [1.165, 1.54) is 36.3 Å². The van der Waals surface area contributed by atoms with Crippen molar-refractivity contribution >= 4 is 64.1 Å². The summed E-state index contributed by atoms with van der Waals surface area (Å²) in [5.74, 6) is 0. The van der Waals surface area contributed by atoms with Gasteiger partial charge in [-0.3, -0.25) is 0 Å². The molecule has 0 atom stereocenters. The van der Waals surface area contributed by atoms with Crippen LogP contribution in [0.1, 0.15) is 0 Å². The third kappa shape index (κ3) is 3.18. The lowest BCUT2D eigenvalue weighted by Crippen LogP contribution is -1.97. The summed E-state index contributed by atoms with van der Waals surface area (Å²) in [7, 11) is 0. The fourth-order valence-electron chi connectivity index (χ4n) is 5.48. The van der Waals surface area contributed by atoms with Gasteiger partial charge in [0, 0.05) is 36.7 Å². The van der Waals surface area contributed by atoms with Gasteiger partial charge in [0.1, 0.15) is 0 Å². The molecule has 172 valence electrons. The molecule has 0 aliphatic rings. The number of fused-ring (bicyclic) bond motifs is 7. The van der Waals surface area contributed by atoms with Gasteiger partial charge in [0.05, 0.1) is 22.4 Å². The second kappa shape index (κ2) is 7.95. The number of aromatic nitrogens is 2. The van der Waals surface area contributed by atoms with Gasteiger partial charge in [-0.2, -0.15) is 0 Å². The van der Waals surface area contributed by atoms with Crippen LogP contribution in [0.2, 0.25) is 0 Å². The second-order valence-electron chi connectivity index (χ2n) is 9.41. The normalized spacial score (nSPS) is 11.8. The first-order chi connectivity index (χ1) is 18.3. The van der Waals surface area contributed by atoms with Crippen molar-refractivity contribution in [3.63, 3.8) is 0 Å². The van der Waals surface area contributed by atoms with Crippen molar-refractivity contribution in [2.75, 3.05) is 0 Å². The quantitative estimate of drug-likeness (QED) is 0.226. The molecule has 2 aromatic heterocycles. The van der Waals surface area contributed by atoms with Crippen LogP contribution in [0, 0.1) is 0 Å². The van der Waals surface area contributed by atoms with E-state index in [4.69, 9.17) is 9.97 Å². The van der Waals surface area contributed by atoms with Crippen LogP contribution in [-0.2, 0) is 0 Å². The van der Waals surface area contributed by atoms with Crippen LogP contribution >= 0.6 is 11.3 Å². The van der Waals surface area contributed by atoms with Crippen molar-refractivity contribution in [3.05, 3.63) is 121 Å². The summed E-state index contributed by atoms with van der Waals surface area (Å²) in [5, 5.41) is 7.31. The minimum Gasteiger partial charge on any atom is -0.244 e. The van der Waals surface area contributed by atoms with Crippen LogP contribution in [0.4, 0.5) is 0 Å². The van der Waals surface area contributed by atoms with E-state index in [2.05, 4.69) is 115 Å². The Morgan fingerprint density at radius 3 is 2.16 bits per heavy atom. The molecular weight excluding hydrogens is 468 g/mol. The van der Waals surface area contributed by atoms with Crippen molar-refractivity contribution in [3.8, 4) is 22.5 Å². The Balaban J connectivity index is 1.49. The highest BCUT2D eigenvalue weighted by Gasteiger charge is 2.17. The van der Waals surface area contributed by atoms with Crippen molar-refractivity contribution in [2.45, 2.75) is 0 Å². The number of thiophene rings is 1. The monoisotopic (exact) mass is 488 g/mol. The highest BCUT2D eigenvalue weighted by atomic mass is 32.1. The minimum atomic E-state index is 0.909. The molecule has 37 heavy (non-hydrogen) atoms. The van der Waals surface area contributed by atoms with Gasteiger partial charge in [-0.15, -0.1) is 11.3 Å². The van der Waals surface area contributed by atoms with Crippen molar-refractivity contribution < 1.29 is 0 Å². The number of hydrogen-bond acceptors (Lipinski definition) is 3. The maximum atomic E-state index is 5.30. The summed E-state index contributed by atoms with van der Waals surface area (Å²) in [6.07, 6.45) is 0. The maximum Gasteiger partial charge on any atom is 0.0979 e. The topological polar surface area (TPSA) is 25.8 Å². The van der Waals surface area contributed by atoms with Crippen molar-refractivity contribution in [1.29, 1.82) is 0 Å². The predicted octanol–water partition coefficient (Wildman–Crippen LogP) is 9.64. The van der Waals surface area contributed by atoms with Gasteiger partial charge in [-0.1, -0.05) is 97.1 Å². The summed E-state index contributed by atoms with van der Waals surface area (Å²) < 4.78 is 2.63. The minimum absolute atomic E-state index is 0.909. The van der Waals surface area contributed by atoms with E-state index in [1.54, 1.807) is 0 Å². The van der Waals surface area contributed by atoms with Crippen LogP contribution in [-0.4, -0.2) is 9.97 Å². The zero-order chi connectivity index (χ0) is 24.3. The summed E-state index contributed by atoms with van der Waals surface area (Å²) in [6, 6.07) is 42.9. The number of benzene rings is 6. The van der Waals surface area contributed by atoms with E-state index in [-0.39, 0.29) is 0 Å². The van der Waals surface area contributed by atoms with Crippen LogP contribution in [0.15, 0.2) is 121 Å². The van der Waals surface area contributed by atoms with Crippen LogP contribution < -0.4 is 0 Å². The molecule has 3 heteroatoms. The SMILES string of the molecule is c1ccc(-c2nc3c(ccc4ccccc43)nc2-c2cccc3cc4sc5ccccc5c4cc23)cc1. The van der Waals surface area contributed by atoms with Crippen LogP contribution in [0.5, 0.6) is 0 Å². The summed E-state index contributed by atoms with van der Waals surface area (Å²) >= 11 is 1.85. The molecular formula is C34H20N2S. The molecule has 0 fully saturated rings. The Kier molecular flexibility index (Phi) is 4.42. The van der Waals surface area contributed by atoms with Gasteiger partial charge >= 0.3 is 0 Å². The molecule has 0 saturated heterocycles. The summed E-state index contributed by atoms with van der Waals surface area (Å²) in [4.78, 5) is 10.6. The summed E-state index contributed by atoms with van der Waals surface area (Å²) in [6.45, 7) is 0. The fraction of sp³-hybridized carbons (Fsp3) is 0. The molecule has 0 unspecified atom stereocenters. The Bertz CT molecular complexity index is 2140. The van der Waals surface area contributed by atoms with Crippen molar-refractivity contribution in [2.24, 2.45) is 0 Å². The number of nitrogens with zero attached hydrogens (tertiary/aromatic N) is 2. The molecule has 0 spiro atoms. The first-order valence-corrected chi connectivity index (χ1v) is 13.2. The molecule has 0 N–H and O–H groups in total. The molecule has 0 amide bonds. The first kappa shape index (κ1) is 20.6. The molecule has 8 rings (SSSR count). The van der Waals surface area contributed by atoms with E-state index in [0.717, 1.165) is 38.9 Å². The average molecular weight is 489 g/mol. The van der Waals surface area contributed by atoms with E-state index < -0.39 is 0 Å². The first-order valence-electron chi connectivity index (χ1n) is 12.4. The van der Waals surface area contributed by atoms with E-state index in [1.807, 2.05) is 17.4 Å². The Morgan fingerprint density at radius 1 is 0.459 bits per heavy atom. The number of hydrogen-bond donors (Lipinski definition) is 0. The van der Waals surface area contributed by atoms with Gasteiger partial charge in [-0.25, -0.2) is 9.97 Å². The molecule has 6 aromatic carbocycles. The highest BCUT2D eigenvalue weighted by molar-refractivity contribution is 7.25. The zero-order valence-electron chi connectivity index (χ0n) is 19.8. The standard InChI is InChI=1S/C34H20N2S/c1-2-10-22(11-3-1)32-34(35-29-18-17-21-9-4-5-13-24(21)33(29)36-32)26-15-8-12-23-19-31-28(20-27(23)26)25-14-6-7-16-30(25)37-31/h1-20H. The van der Waals surface area contributed by atoms with Gasteiger partial charge in [0.15, 0.2) is 0 Å². The van der Waals surface area contributed by atoms with E-state index in [0.29, 0.717) is 0 Å². The largest absolute Gasteiger partial charge is 0.244 e. The summed E-state index contributed by atoms with van der Waals surface area (Å²) in [5.41, 5.74) is 5.85. The smallest absolute Gasteiger partial charge is 0.0979 e.